The average molecular weight is 304 g/mol. The zero-order valence-corrected chi connectivity index (χ0v) is 13.1. The lowest BCUT2D eigenvalue weighted by molar-refractivity contribution is -0.139. The van der Waals surface area contributed by atoms with Gasteiger partial charge in [-0.3, -0.25) is 0 Å². The van der Waals surface area contributed by atoms with E-state index in [9.17, 15) is 9.59 Å². The Bertz CT molecular complexity index is 502. The van der Waals surface area contributed by atoms with Gasteiger partial charge in [-0.15, -0.1) is 0 Å². The van der Waals surface area contributed by atoms with E-state index in [1.54, 1.807) is 19.1 Å². The Morgan fingerprint density at radius 2 is 1.64 bits per heavy atom. The Morgan fingerprint density at radius 3 is 2.23 bits per heavy atom. The van der Waals surface area contributed by atoms with Gasteiger partial charge in [0.1, 0.15) is 0 Å². The molecule has 0 fully saturated rings. The first-order valence-corrected chi connectivity index (χ1v) is 7.65. The summed E-state index contributed by atoms with van der Waals surface area (Å²) in [5.74, 6) is -1.20. The number of esters is 1. The van der Waals surface area contributed by atoms with Crippen molar-refractivity contribution in [2.24, 2.45) is 0 Å². The number of aromatic carboxylic acids is 1. The molecule has 0 bridgehead atoms. The minimum atomic E-state index is -0.890. The highest BCUT2D eigenvalue weighted by molar-refractivity contribution is 5.87. The molecule has 1 rings (SSSR count). The average Bonchev–Trinajstić information content (AvgIpc) is 2.50. The van der Waals surface area contributed by atoms with E-state index in [0.29, 0.717) is 17.7 Å². The van der Waals surface area contributed by atoms with Crippen molar-refractivity contribution in [3.05, 3.63) is 47.5 Å². The van der Waals surface area contributed by atoms with Gasteiger partial charge in [0, 0.05) is 5.57 Å². The summed E-state index contributed by atoms with van der Waals surface area (Å²) in [6.45, 7) is 5.64. The quantitative estimate of drug-likeness (QED) is 0.403. The molecule has 22 heavy (non-hydrogen) atoms. The van der Waals surface area contributed by atoms with Crippen LogP contribution in [0.25, 0.3) is 0 Å². The summed E-state index contributed by atoms with van der Waals surface area (Å²) in [4.78, 5) is 21.9. The highest BCUT2D eigenvalue weighted by Crippen LogP contribution is 2.11. The maximum Gasteiger partial charge on any atom is 0.335 e. The predicted molar refractivity (Wildman–Crippen MR) is 86.0 cm³/mol. The number of aryl methyl sites for hydroxylation is 1. The van der Waals surface area contributed by atoms with Crippen LogP contribution in [0, 0.1) is 0 Å². The molecule has 0 amide bonds. The van der Waals surface area contributed by atoms with E-state index in [0.717, 1.165) is 38.5 Å². The Kier molecular flexibility index (Phi) is 7.97. The van der Waals surface area contributed by atoms with Gasteiger partial charge in [0.2, 0.25) is 0 Å². The first-order chi connectivity index (χ1) is 10.5. The van der Waals surface area contributed by atoms with Crippen LogP contribution >= 0.6 is 0 Å². The van der Waals surface area contributed by atoms with Crippen LogP contribution in [-0.4, -0.2) is 23.7 Å². The number of carboxylic acid groups (broad SMARTS) is 1. The summed E-state index contributed by atoms with van der Waals surface area (Å²) in [5.41, 5.74) is 1.93. The molecule has 0 aromatic heterocycles. The molecule has 120 valence electrons. The van der Waals surface area contributed by atoms with Crippen LogP contribution in [0.1, 0.15) is 54.9 Å². The Hall–Kier alpha value is -2.10. The highest BCUT2D eigenvalue weighted by Gasteiger charge is 2.03. The van der Waals surface area contributed by atoms with Gasteiger partial charge in [0.15, 0.2) is 0 Å². The van der Waals surface area contributed by atoms with E-state index >= 15 is 0 Å². The topological polar surface area (TPSA) is 63.6 Å². The smallest absolute Gasteiger partial charge is 0.335 e. The molecule has 1 aromatic rings. The van der Waals surface area contributed by atoms with Crippen molar-refractivity contribution in [3.63, 3.8) is 0 Å². The lowest BCUT2D eigenvalue weighted by Gasteiger charge is -2.05. The third-order valence-corrected chi connectivity index (χ3v) is 3.39. The first-order valence-electron chi connectivity index (χ1n) is 7.65. The molecule has 4 nitrogen and oxygen atoms in total. The molecule has 0 radical (unpaired) electrons. The molecule has 4 heteroatoms. The fourth-order valence-electron chi connectivity index (χ4n) is 2.06. The fourth-order valence-corrected chi connectivity index (χ4v) is 2.06. The zero-order valence-electron chi connectivity index (χ0n) is 13.1. The van der Waals surface area contributed by atoms with E-state index < -0.39 is 5.97 Å². The molecule has 0 aliphatic rings. The largest absolute Gasteiger partial charge is 0.478 e. The molecule has 0 unspecified atom stereocenters. The van der Waals surface area contributed by atoms with Crippen molar-refractivity contribution in [2.75, 3.05) is 6.61 Å². The molecule has 0 saturated heterocycles. The molecular formula is C18H24O4. The number of unbranched alkanes of at least 4 members (excludes halogenated alkanes) is 4. The van der Waals surface area contributed by atoms with E-state index in [1.165, 1.54) is 5.56 Å². The van der Waals surface area contributed by atoms with Crippen LogP contribution in [0.15, 0.2) is 36.4 Å². The lowest BCUT2D eigenvalue weighted by atomic mass is 10.0. The second-order valence-corrected chi connectivity index (χ2v) is 5.44. The second kappa shape index (κ2) is 9.77. The van der Waals surface area contributed by atoms with Gasteiger partial charge in [0.25, 0.3) is 0 Å². The lowest BCUT2D eigenvalue weighted by Crippen LogP contribution is -2.06. The third kappa shape index (κ3) is 7.07. The molecule has 1 N–H and O–H groups in total. The van der Waals surface area contributed by atoms with Crippen molar-refractivity contribution in [1.29, 1.82) is 0 Å². The molecule has 0 aliphatic heterocycles. The minimum Gasteiger partial charge on any atom is -0.478 e. The van der Waals surface area contributed by atoms with Crippen LogP contribution in [0.4, 0.5) is 0 Å². The van der Waals surface area contributed by atoms with Gasteiger partial charge < -0.3 is 9.84 Å². The van der Waals surface area contributed by atoms with E-state index in [2.05, 4.69) is 6.58 Å². The monoisotopic (exact) mass is 304 g/mol. The number of carbonyl (C=O) groups is 2. The summed E-state index contributed by atoms with van der Waals surface area (Å²) in [6, 6.07) is 7.04. The summed E-state index contributed by atoms with van der Waals surface area (Å²) in [6.07, 6.45) is 6.20. The minimum absolute atomic E-state index is 0.315. The number of benzene rings is 1. The van der Waals surface area contributed by atoms with E-state index in [4.69, 9.17) is 9.84 Å². The van der Waals surface area contributed by atoms with Gasteiger partial charge >= 0.3 is 11.9 Å². The Balaban J connectivity index is 2.05. The first kappa shape index (κ1) is 18.0. The second-order valence-electron chi connectivity index (χ2n) is 5.44. The molecule has 0 atom stereocenters. The number of carboxylic acids is 1. The van der Waals surface area contributed by atoms with Crippen molar-refractivity contribution in [1.82, 2.24) is 0 Å². The van der Waals surface area contributed by atoms with Gasteiger partial charge in [-0.2, -0.15) is 0 Å². The standard InChI is InChI=1S/C18H24O4/c1-14(2)18(21)22-13-7-5-3-4-6-8-15-9-11-16(12-10-15)17(19)20/h9-12H,1,3-8,13H2,2H3,(H,19,20). The van der Waals surface area contributed by atoms with Crippen LogP contribution < -0.4 is 0 Å². The van der Waals surface area contributed by atoms with Crippen LogP contribution in [0.3, 0.4) is 0 Å². The number of hydrogen-bond acceptors (Lipinski definition) is 3. The summed E-state index contributed by atoms with van der Waals surface area (Å²) in [7, 11) is 0. The summed E-state index contributed by atoms with van der Waals surface area (Å²) < 4.78 is 5.02. The molecular weight excluding hydrogens is 280 g/mol. The number of ether oxygens (including phenoxy) is 1. The number of rotatable bonds is 10. The molecule has 1 aromatic carbocycles. The fraction of sp³-hybridized carbons (Fsp3) is 0.444. The molecule has 0 saturated carbocycles. The van der Waals surface area contributed by atoms with Gasteiger partial charge in [0.05, 0.1) is 12.2 Å². The number of carbonyl (C=O) groups excluding carboxylic acids is 1. The Labute approximate surface area is 131 Å². The third-order valence-electron chi connectivity index (χ3n) is 3.39. The van der Waals surface area contributed by atoms with Crippen LogP contribution in [0.2, 0.25) is 0 Å². The maximum atomic E-state index is 11.1. The number of hydrogen-bond donors (Lipinski definition) is 1. The predicted octanol–water partition coefficient (Wildman–Crippen LogP) is 4.00. The Morgan fingerprint density at radius 1 is 1.05 bits per heavy atom. The summed E-state index contributed by atoms with van der Waals surface area (Å²) in [5, 5.41) is 8.82. The zero-order chi connectivity index (χ0) is 16.4. The maximum absolute atomic E-state index is 11.1. The summed E-state index contributed by atoms with van der Waals surface area (Å²) >= 11 is 0. The van der Waals surface area contributed by atoms with E-state index in [1.807, 2.05) is 12.1 Å². The SMILES string of the molecule is C=C(C)C(=O)OCCCCCCCc1ccc(C(=O)O)cc1. The van der Waals surface area contributed by atoms with E-state index in [-0.39, 0.29) is 5.97 Å². The molecule has 0 spiro atoms. The van der Waals surface area contributed by atoms with Crippen LogP contribution in [-0.2, 0) is 16.0 Å². The van der Waals surface area contributed by atoms with Crippen molar-refractivity contribution >= 4 is 11.9 Å². The van der Waals surface area contributed by atoms with Crippen molar-refractivity contribution < 1.29 is 19.4 Å². The van der Waals surface area contributed by atoms with Crippen LogP contribution in [0.5, 0.6) is 0 Å². The van der Waals surface area contributed by atoms with Gasteiger partial charge in [-0.05, 0) is 43.9 Å². The van der Waals surface area contributed by atoms with Gasteiger partial charge in [-0.25, -0.2) is 9.59 Å². The van der Waals surface area contributed by atoms with Crippen molar-refractivity contribution in [2.45, 2.75) is 45.4 Å². The highest BCUT2D eigenvalue weighted by atomic mass is 16.5. The normalized spacial score (nSPS) is 10.2. The van der Waals surface area contributed by atoms with Crippen molar-refractivity contribution in [3.8, 4) is 0 Å². The molecule has 0 heterocycles. The van der Waals surface area contributed by atoms with Gasteiger partial charge in [-0.1, -0.05) is 38.0 Å². The molecule has 0 aliphatic carbocycles.